The Kier molecular flexibility index (Phi) is 48.1. The van der Waals surface area contributed by atoms with Crippen LogP contribution in [0, 0.1) is 46.0 Å². The van der Waals surface area contributed by atoms with E-state index in [1.807, 2.05) is 0 Å². The first-order valence-electron chi connectivity index (χ1n) is 1.64. The van der Waals surface area contributed by atoms with Crippen molar-refractivity contribution in [2.45, 2.75) is 0 Å². The molecule has 0 bridgehead atoms. The fourth-order valence-corrected chi connectivity index (χ4v) is 0. The molecule has 0 aromatic heterocycles. The van der Waals surface area contributed by atoms with Gasteiger partial charge in [0, 0.05) is 0 Å². The van der Waals surface area contributed by atoms with Gasteiger partial charge in [0.05, 0.1) is 15.3 Å². The summed E-state index contributed by atoms with van der Waals surface area (Å²) in [5.41, 5.74) is 0. The normalized spacial score (nSPS) is 5.14. The van der Waals surface area contributed by atoms with E-state index in [4.69, 9.17) is 46.0 Å². The molecule has 14 heteroatoms. The van der Waals surface area contributed by atoms with Gasteiger partial charge >= 0.3 is 67.3 Å². The minimum Gasteiger partial charge on any atom is -0.356 e. The van der Waals surface area contributed by atoms with Gasteiger partial charge in [-0.15, -0.1) is 0 Å². The van der Waals surface area contributed by atoms with Crippen molar-refractivity contribution in [3.63, 3.8) is 0 Å². The Morgan fingerprint density at radius 2 is 0.571 bits per heavy atom. The summed E-state index contributed by atoms with van der Waals surface area (Å²) in [5.74, 6) is 0. The summed E-state index contributed by atoms with van der Waals surface area (Å²) in [6.07, 6.45) is 0. The van der Waals surface area contributed by atoms with Crippen LogP contribution in [0.1, 0.15) is 0 Å². The molecule has 0 radical (unpaired) electrons. The molecule has 72 valence electrons. The summed E-state index contributed by atoms with van der Waals surface area (Å²) in [7, 11) is 0. The van der Waals surface area contributed by atoms with Crippen LogP contribution in [-0.2, 0) is 0 Å². The maximum Gasteiger partial charge on any atom is 2.00 e. The monoisotopic (exact) mass is 249 g/mol. The minimum atomic E-state index is -1.75. The van der Waals surface area contributed by atoms with E-state index in [-0.39, 0.29) is 67.3 Å². The van der Waals surface area contributed by atoms with Gasteiger partial charge in [-0.2, -0.15) is 0 Å². The average molecular weight is 249 g/mol. The van der Waals surface area contributed by atoms with Gasteiger partial charge in [0.15, 0.2) is 0 Å². The second kappa shape index (κ2) is 23.0. The van der Waals surface area contributed by atoms with Crippen LogP contribution in [0.25, 0.3) is 0 Å². The molecule has 0 aliphatic carbocycles. The molecule has 0 aliphatic heterocycles. The molecule has 0 saturated heterocycles. The minimum absolute atomic E-state index is 0. The zero-order valence-corrected chi connectivity index (χ0v) is 10.9. The largest absolute Gasteiger partial charge is 2.00 e. The SMILES string of the molecule is O=[N+]([O-])[O-].O=[N+]([O-])[O-].O=[N+]([O-])[O-].[Ca+2].[Na+]. The van der Waals surface area contributed by atoms with Crippen LogP contribution in [0.3, 0.4) is 0 Å². The molecule has 12 nitrogen and oxygen atoms in total. The van der Waals surface area contributed by atoms with E-state index < -0.39 is 15.3 Å². The zero-order valence-electron chi connectivity index (χ0n) is 6.72. The molecule has 14 heavy (non-hydrogen) atoms. The molecule has 0 atom stereocenters. The number of nitrogens with zero attached hydrogens (tertiary/aromatic N) is 3. The summed E-state index contributed by atoms with van der Waals surface area (Å²) < 4.78 is 0. The average Bonchev–Trinajstić information content (AvgIpc) is 1.54. The summed E-state index contributed by atoms with van der Waals surface area (Å²) in [5, 5.41) is 44.2. The maximum atomic E-state index is 8.25. The van der Waals surface area contributed by atoms with Crippen molar-refractivity contribution in [3.8, 4) is 0 Å². The van der Waals surface area contributed by atoms with Gasteiger partial charge in [-0.25, -0.2) is 0 Å². The Balaban J connectivity index is -0.0000000270. The first-order valence-corrected chi connectivity index (χ1v) is 1.64. The number of hydrogen-bond acceptors (Lipinski definition) is 9. The zero-order chi connectivity index (χ0) is 10.7. The van der Waals surface area contributed by atoms with Gasteiger partial charge in [-0.1, -0.05) is 0 Å². The van der Waals surface area contributed by atoms with Crippen LogP contribution < -0.4 is 29.6 Å². The van der Waals surface area contributed by atoms with Crippen molar-refractivity contribution >= 4 is 37.7 Å². The van der Waals surface area contributed by atoms with Crippen LogP contribution in [0.2, 0.25) is 0 Å². The van der Waals surface area contributed by atoms with E-state index in [0.717, 1.165) is 0 Å². The molecule has 0 heterocycles. The first-order chi connectivity index (χ1) is 5.20. The summed E-state index contributed by atoms with van der Waals surface area (Å²) in [4.78, 5) is 24.8. The second-order valence-corrected chi connectivity index (χ2v) is 0.671. The number of hydrogen-bond donors (Lipinski definition) is 0. The van der Waals surface area contributed by atoms with Gasteiger partial charge in [0.1, 0.15) is 0 Å². The Bertz CT molecular complexity index is 118. The summed E-state index contributed by atoms with van der Waals surface area (Å²) in [6.45, 7) is 0. The van der Waals surface area contributed by atoms with Gasteiger partial charge in [-0.3, -0.25) is 0 Å². The molecule has 0 amide bonds. The van der Waals surface area contributed by atoms with E-state index >= 15 is 0 Å². The fourth-order valence-electron chi connectivity index (χ4n) is 0. The van der Waals surface area contributed by atoms with Crippen molar-refractivity contribution in [3.05, 3.63) is 46.0 Å². The third kappa shape index (κ3) is 71100. The van der Waals surface area contributed by atoms with Crippen LogP contribution in [0.4, 0.5) is 0 Å². The molecule has 0 spiro atoms. The summed E-state index contributed by atoms with van der Waals surface area (Å²) >= 11 is 0. The predicted octanol–water partition coefficient (Wildman–Crippen LogP) is -4.09. The summed E-state index contributed by atoms with van der Waals surface area (Å²) in [6, 6.07) is 0. The van der Waals surface area contributed by atoms with Gasteiger partial charge in [0.25, 0.3) is 0 Å². The Hall–Kier alpha value is -0.140. The molecule has 0 rings (SSSR count). The van der Waals surface area contributed by atoms with Crippen molar-refractivity contribution in [2.75, 3.05) is 0 Å². The molecule has 0 aromatic rings. The van der Waals surface area contributed by atoms with Crippen molar-refractivity contribution in [2.24, 2.45) is 0 Å². The molecular formula is CaN3NaO9. The third-order valence-electron chi connectivity index (χ3n) is 0. The Morgan fingerprint density at radius 3 is 0.571 bits per heavy atom. The quantitative estimate of drug-likeness (QED) is 0.232. The van der Waals surface area contributed by atoms with Crippen LogP contribution in [0.5, 0.6) is 0 Å². The Labute approximate surface area is 127 Å². The molecule has 0 saturated carbocycles. The van der Waals surface area contributed by atoms with E-state index in [9.17, 15) is 0 Å². The molecular weight excluding hydrogens is 249 g/mol. The third-order valence-corrected chi connectivity index (χ3v) is 0. The molecule has 0 N–H and O–H groups in total. The maximum absolute atomic E-state index is 8.25. The Morgan fingerprint density at radius 1 is 0.571 bits per heavy atom. The van der Waals surface area contributed by atoms with Gasteiger partial charge < -0.3 is 46.0 Å². The van der Waals surface area contributed by atoms with E-state index in [0.29, 0.717) is 0 Å². The second-order valence-electron chi connectivity index (χ2n) is 0.671. The van der Waals surface area contributed by atoms with E-state index in [2.05, 4.69) is 0 Å². The van der Waals surface area contributed by atoms with Crippen molar-refractivity contribution < 1.29 is 44.8 Å². The fraction of sp³-hybridized carbons (Fsp3) is 0. The van der Waals surface area contributed by atoms with Crippen molar-refractivity contribution in [1.29, 1.82) is 0 Å². The first kappa shape index (κ1) is 29.2. The van der Waals surface area contributed by atoms with Crippen LogP contribution >= 0.6 is 0 Å². The topological polar surface area (TPSA) is 199 Å². The van der Waals surface area contributed by atoms with Crippen LogP contribution in [-0.4, -0.2) is 53.0 Å². The van der Waals surface area contributed by atoms with E-state index in [1.54, 1.807) is 0 Å². The molecule has 0 aromatic carbocycles. The molecule has 0 unspecified atom stereocenters. The predicted molar refractivity (Wildman–Crippen MR) is 36.8 cm³/mol. The molecule has 0 fully saturated rings. The van der Waals surface area contributed by atoms with E-state index in [1.165, 1.54) is 0 Å². The molecule has 0 aliphatic rings. The number of rotatable bonds is 0. The smallest absolute Gasteiger partial charge is 0.356 e. The standard InChI is InChI=1S/Ca.3NO3.Na/c;3*2-1(3)4;/q+2;3*-1;+1. The van der Waals surface area contributed by atoms with Crippen LogP contribution in [0.15, 0.2) is 0 Å². The van der Waals surface area contributed by atoms with Gasteiger partial charge in [0.2, 0.25) is 0 Å². The van der Waals surface area contributed by atoms with Gasteiger partial charge in [-0.05, 0) is 0 Å². The van der Waals surface area contributed by atoms with Crippen molar-refractivity contribution in [1.82, 2.24) is 0 Å².